The van der Waals surface area contributed by atoms with Gasteiger partial charge in [0, 0.05) is 48.7 Å². The molecule has 4 aromatic carbocycles. The maximum atomic E-state index is 13.8. The molecule has 2 heterocycles. The van der Waals surface area contributed by atoms with Gasteiger partial charge in [0.2, 0.25) is 0 Å². The summed E-state index contributed by atoms with van der Waals surface area (Å²) >= 11 is 27.0. The molecule has 0 aliphatic carbocycles. The second kappa shape index (κ2) is 17.9. The van der Waals surface area contributed by atoms with Gasteiger partial charge < -0.3 is 30.3 Å². The van der Waals surface area contributed by atoms with Crippen LogP contribution in [0.3, 0.4) is 0 Å². The van der Waals surface area contributed by atoms with Crippen molar-refractivity contribution < 1.29 is 37.7 Å². The number of nitrogens with one attached hydrogen (secondary N) is 2. The van der Waals surface area contributed by atoms with E-state index in [2.05, 4.69) is 10.6 Å². The van der Waals surface area contributed by atoms with Crippen LogP contribution < -0.4 is 10.6 Å². The first-order valence-corrected chi connectivity index (χ1v) is 21.1. The normalized spacial score (nSPS) is 20.9. The zero-order valence-electron chi connectivity index (χ0n) is 28.6. The Bertz CT molecular complexity index is 2160. The van der Waals surface area contributed by atoms with Crippen LogP contribution in [0.15, 0.2) is 82.6 Å². The summed E-state index contributed by atoms with van der Waals surface area (Å²) < 4.78 is 40.1. The summed E-state index contributed by atoms with van der Waals surface area (Å²) in [5, 5.41) is 28.0. The highest BCUT2D eigenvalue weighted by Crippen LogP contribution is 2.42. The minimum atomic E-state index is -4.12. The van der Waals surface area contributed by atoms with Crippen LogP contribution in [0.1, 0.15) is 44.1 Å². The maximum absolute atomic E-state index is 13.8. The van der Waals surface area contributed by atoms with E-state index in [-0.39, 0.29) is 51.2 Å². The van der Waals surface area contributed by atoms with Crippen LogP contribution in [0.4, 0.5) is 0 Å². The second-order valence-corrected chi connectivity index (χ2v) is 17.6. The third kappa shape index (κ3) is 9.38. The molecule has 4 N–H and O–H groups in total. The Kier molecular flexibility index (Phi) is 13.5. The van der Waals surface area contributed by atoms with E-state index in [1.165, 1.54) is 36.0 Å². The molecular formula is C38H36Cl4N2O8S2. The lowest BCUT2D eigenvalue weighted by Gasteiger charge is -2.28. The molecular weight excluding hydrogens is 818 g/mol. The van der Waals surface area contributed by atoms with Gasteiger partial charge in [-0.15, -0.1) is 11.8 Å². The number of halogens is 4. The predicted octanol–water partition coefficient (Wildman–Crippen LogP) is 8.18. The number of carboxylic acid groups (broad SMARTS) is 2. The van der Waals surface area contributed by atoms with Crippen LogP contribution in [-0.2, 0) is 19.3 Å². The summed E-state index contributed by atoms with van der Waals surface area (Å²) in [5.41, 5.74) is 2.17. The van der Waals surface area contributed by atoms with Gasteiger partial charge in [-0.3, -0.25) is 0 Å². The second-order valence-electron chi connectivity index (χ2n) is 12.9. The van der Waals surface area contributed by atoms with Crippen molar-refractivity contribution >= 4 is 79.9 Å². The maximum Gasteiger partial charge on any atom is 0.337 e. The Morgan fingerprint density at radius 3 is 2.09 bits per heavy atom. The lowest BCUT2D eigenvalue weighted by atomic mass is 9.89. The van der Waals surface area contributed by atoms with Crippen molar-refractivity contribution in [2.24, 2.45) is 11.8 Å². The van der Waals surface area contributed by atoms with Gasteiger partial charge in [0.25, 0.3) is 0 Å². The predicted molar refractivity (Wildman–Crippen MR) is 212 cm³/mol. The fraction of sp³-hybridized carbons (Fsp3) is 0.316. The summed E-state index contributed by atoms with van der Waals surface area (Å²) in [4.78, 5) is 24.9. The van der Waals surface area contributed by atoms with Gasteiger partial charge in [-0.2, -0.15) is 0 Å². The molecule has 4 atom stereocenters. The molecule has 0 bridgehead atoms. The lowest BCUT2D eigenvalue weighted by Crippen LogP contribution is -2.31. The summed E-state index contributed by atoms with van der Waals surface area (Å²) in [6.07, 6.45) is -1.13. The molecule has 0 aromatic heterocycles. The fourth-order valence-electron chi connectivity index (χ4n) is 6.79. The van der Waals surface area contributed by atoms with Crippen molar-refractivity contribution in [2.45, 2.75) is 22.0 Å². The zero-order chi connectivity index (χ0) is 38.6. The van der Waals surface area contributed by atoms with Crippen molar-refractivity contribution in [3.05, 3.63) is 115 Å². The first-order valence-electron chi connectivity index (χ1n) is 17.0. The minimum Gasteiger partial charge on any atom is -0.478 e. The number of thioether (sulfide) groups is 1. The van der Waals surface area contributed by atoms with E-state index in [9.17, 15) is 28.2 Å². The van der Waals surface area contributed by atoms with Gasteiger partial charge >= 0.3 is 11.9 Å². The first-order chi connectivity index (χ1) is 25.8. The molecule has 4 unspecified atom stereocenters. The van der Waals surface area contributed by atoms with Gasteiger partial charge in [-0.05, 0) is 70.8 Å². The molecule has 0 radical (unpaired) electrons. The highest BCUT2D eigenvalue weighted by molar-refractivity contribution is 7.99. The highest BCUT2D eigenvalue weighted by atomic mass is 35.5. The monoisotopic (exact) mass is 852 g/mol. The number of hydrogen-bond acceptors (Lipinski definition) is 9. The molecule has 0 spiro atoms. The Morgan fingerprint density at radius 2 is 1.39 bits per heavy atom. The summed E-state index contributed by atoms with van der Waals surface area (Å²) in [6, 6.07) is 19.2. The summed E-state index contributed by atoms with van der Waals surface area (Å²) in [7, 11) is -4.12. The largest absolute Gasteiger partial charge is 0.478 e. The molecule has 16 heteroatoms. The Balaban J connectivity index is 1.33. The minimum absolute atomic E-state index is 0.0330. The van der Waals surface area contributed by atoms with Crippen molar-refractivity contribution in [1.29, 1.82) is 0 Å². The smallest absolute Gasteiger partial charge is 0.337 e. The van der Waals surface area contributed by atoms with E-state index < -0.39 is 39.6 Å². The zero-order valence-corrected chi connectivity index (χ0v) is 33.2. The highest BCUT2D eigenvalue weighted by Gasteiger charge is 2.35. The van der Waals surface area contributed by atoms with Gasteiger partial charge in [0.05, 0.1) is 67.3 Å². The van der Waals surface area contributed by atoms with E-state index in [0.717, 1.165) is 5.56 Å². The van der Waals surface area contributed by atoms with Crippen molar-refractivity contribution in [1.82, 2.24) is 10.6 Å². The molecule has 2 aliphatic heterocycles. The molecule has 4 aromatic rings. The topological polar surface area (TPSA) is 151 Å². The van der Waals surface area contributed by atoms with Gasteiger partial charge in [-0.25, -0.2) is 18.0 Å². The molecule has 6 rings (SSSR count). The number of ether oxygens (including phenoxy) is 2. The number of sulfone groups is 1. The van der Waals surface area contributed by atoms with Crippen LogP contribution in [0.2, 0.25) is 20.1 Å². The average Bonchev–Trinajstić information content (AvgIpc) is 3.53. The van der Waals surface area contributed by atoms with Crippen LogP contribution in [0.25, 0.3) is 11.1 Å². The van der Waals surface area contributed by atoms with Crippen LogP contribution in [0, 0.1) is 11.8 Å². The number of carboxylic acids is 2. The summed E-state index contributed by atoms with van der Waals surface area (Å²) in [6.45, 7) is 2.72. The van der Waals surface area contributed by atoms with E-state index in [4.69, 9.17) is 55.9 Å². The van der Waals surface area contributed by atoms with Crippen molar-refractivity contribution in [2.75, 3.05) is 50.9 Å². The molecule has 2 aliphatic rings. The molecule has 286 valence electrons. The van der Waals surface area contributed by atoms with E-state index in [1.807, 2.05) is 6.07 Å². The molecule has 2 fully saturated rings. The van der Waals surface area contributed by atoms with Gasteiger partial charge in [-0.1, -0.05) is 70.7 Å². The van der Waals surface area contributed by atoms with Gasteiger partial charge in [0.1, 0.15) is 0 Å². The van der Waals surface area contributed by atoms with E-state index in [1.54, 1.807) is 42.5 Å². The van der Waals surface area contributed by atoms with Crippen molar-refractivity contribution in [3.8, 4) is 11.1 Å². The SMILES string of the molecule is O=C(O)c1cc(-c2cc(Cl)c(Cl)cc2C2OCCNCC2CS(=O)(=O)c2ccccc2C(=O)O)ccc1SCC1CNCCOC1c1ccc(Cl)c(Cl)c1. The molecule has 0 amide bonds. The average molecular weight is 855 g/mol. The number of benzene rings is 4. The lowest BCUT2D eigenvalue weighted by molar-refractivity contribution is 0.0373. The number of aromatic carboxylic acids is 2. The van der Waals surface area contributed by atoms with Crippen molar-refractivity contribution in [3.63, 3.8) is 0 Å². The fourth-order valence-corrected chi connectivity index (χ4v) is 10.4. The number of hydrogen-bond donors (Lipinski definition) is 4. The number of carbonyl (C=O) groups is 2. The van der Waals surface area contributed by atoms with Crippen LogP contribution >= 0.6 is 58.2 Å². The third-order valence-corrected chi connectivity index (χ3v) is 14.0. The molecule has 54 heavy (non-hydrogen) atoms. The number of rotatable bonds is 11. The molecule has 10 nitrogen and oxygen atoms in total. The van der Waals surface area contributed by atoms with Crippen LogP contribution in [0.5, 0.6) is 0 Å². The van der Waals surface area contributed by atoms with E-state index >= 15 is 0 Å². The van der Waals surface area contributed by atoms with E-state index in [0.29, 0.717) is 63.6 Å². The Morgan fingerprint density at radius 1 is 0.741 bits per heavy atom. The molecule has 2 saturated heterocycles. The quantitative estimate of drug-likeness (QED) is 0.108. The Labute approximate surface area is 337 Å². The first kappa shape index (κ1) is 40.8. The third-order valence-electron chi connectivity index (χ3n) is 9.35. The van der Waals surface area contributed by atoms with Gasteiger partial charge in [0.15, 0.2) is 9.84 Å². The van der Waals surface area contributed by atoms with Crippen LogP contribution in [-0.4, -0.2) is 81.5 Å². The Hall–Kier alpha value is -2.88. The standard InChI is InChI=1S/C38H36Cl4N2O8S2/c39-29-7-5-22(14-30(29)40)35-23(17-43-9-11-51-35)19-53-33-8-6-21(13-28(33)38(47)48)26-15-31(41)32(42)16-27(26)36-24(18-44-10-12-52-36)20-54(49,50)34-4-2-1-3-25(34)37(45)46/h1-8,13-16,23-24,35-36,43-44H,9-12,17-20H2,(H,45,46)(H,47,48). The summed E-state index contributed by atoms with van der Waals surface area (Å²) in [5.74, 6) is -3.12. The molecule has 0 saturated carbocycles.